The molecule has 208 valence electrons. The highest BCUT2D eigenvalue weighted by molar-refractivity contribution is 6.42. The first kappa shape index (κ1) is 26.4. The third kappa shape index (κ3) is 5.71. The fourth-order valence-electron chi connectivity index (χ4n) is 6.00. The molecule has 5 heterocycles. The van der Waals surface area contributed by atoms with Gasteiger partial charge in [-0.2, -0.15) is 0 Å². The van der Waals surface area contributed by atoms with Crippen LogP contribution in [-0.4, -0.2) is 78.5 Å². The number of allylic oxidation sites excluding steroid dienone is 3. The molecule has 4 aliphatic heterocycles. The van der Waals surface area contributed by atoms with E-state index in [0.29, 0.717) is 11.4 Å². The Balaban J connectivity index is 1.08. The maximum Gasteiger partial charge on any atom is 0.294 e. The Morgan fingerprint density at radius 1 is 1.00 bits per heavy atom. The molecule has 9 heteroatoms. The van der Waals surface area contributed by atoms with Gasteiger partial charge in [0.15, 0.2) is 0 Å². The number of pyridine rings is 1. The van der Waals surface area contributed by atoms with Gasteiger partial charge in [-0.1, -0.05) is 36.4 Å². The van der Waals surface area contributed by atoms with Gasteiger partial charge in [0.25, 0.3) is 5.91 Å². The highest BCUT2D eigenvalue weighted by Gasteiger charge is 2.42. The fourth-order valence-corrected chi connectivity index (χ4v) is 6.00. The minimum atomic E-state index is -0.877. The minimum Gasteiger partial charge on any atom is -0.381 e. The summed E-state index contributed by atoms with van der Waals surface area (Å²) in [6.45, 7) is 6.66. The lowest BCUT2D eigenvalue weighted by atomic mass is 9.90. The summed E-state index contributed by atoms with van der Waals surface area (Å²) in [6, 6.07) is 12.3. The number of rotatable bonds is 7. The molecule has 1 aromatic carbocycles. The van der Waals surface area contributed by atoms with Gasteiger partial charge >= 0.3 is 0 Å². The van der Waals surface area contributed by atoms with Crippen molar-refractivity contribution in [1.29, 1.82) is 0 Å². The average Bonchev–Trinajstić information content (AvgIpc) is 3.37. The Morgan fingerprint density at radius 3 is 2.50 bits per heavy atom. The first-order chi connectivity index (χ1) is 19.5. The van der Waals surface area contributed by atoms with Gasteiger partial charge < -0.3 is 19.9 Å². The van der Waals surface area contributed by atoms with Crippen LogP contribution in [0.3, 0.4) is 0 Å². The normalized spacial score (nSPS) is 23.4. The van der Waals surface area contributed by atoms with E-state index in [1.54, 1.807) is 23.2 Å². The van der Waals surface area contributed by atoms with E-state index in [-0.39, 0.29) is 5.92 Å². The molecule has 2 unspecified atom stereocenters. The number of ether oxygens (including phenoxy) is 1. The highest BCUT2D eigenvalue weighted by atomic mass is 19.1. The second-order valence-corrected chi connectivity index (χ2v) is 10.8. The summed E-state index contributed by atoms with van der Waals surface area (Å²) >= 11 is 0. The summed E-state index contributed by atoms with van der Waals surface area (Å²) in [4.78, 5) is 37.5. The number of anilines is 2. The van der Waals surface area contributed by atoms with E-state index in [4.69, 9.17) is 4.74 Å². The van der Waals surface area contributed by atoms with E-state index in [1.165, 1.54) is 12.3 Å². The topological polar surface area (TPSA) is 78.0 Å². The second kappa shape index (κ2) is 11.7. The van der Waals surface area contributed by atoms with Crippen molar-refractivity contribution in [2.75, 3.05) is 56.2 Å². The van der Waals surface area contributed by atoms with Gasteiger partial charge in [-0.25, -0.2) is 9.37 Å². The molecule has 2 fully saturated rings. The van der Waals surface area contributed by atoms with Crippen molar-refractivity contribution in [3.05, 3.63) is 90.2 Å². The number of carbonyl (C=O) groups is 2. The number of nitrogens with one attached hydrogen (secondary N) is 1. The van der Waals surface area contributed by atoms with Crippen molar-refractivity contribution in [3.8, 4) is 0 Å². The van der Waals surface area contributed by atoms with Crippen LogP contribution in [0.2, 0.25) is 0 Å². The smallest absolute Gasteiger partial charge is 0.294 e. The second-order valence-electron chi connectivity index (χ2n) is 10.8. The van der Waals surface area contributed by atoms with Crippen molar-refractivity contribution in [2.24, 2.45) is 5.92 Å². The van der Waals surface area contributed by atoms with Gasteiger partial charge in [0.2, 0.25) is 5.78 Å². The van der Waals surface area contributed by atoms with Crippen LogP contribution in [0.1, 0.15) is 24.3 Å². The predicted molar refractivity (Wildman–Crippen MR) is 151 cm³/mol. The lowest BCUT2D eigenvalue weighted by Gasteiger charge is -2.37. The average molecular weight is 544 g/mol. The molecule has 40 heavy (non-hydrogen) atoms. The third-order valence-corrected chi connectivity index (χ3v) is 8.20. The summed E-state index contributed by atoms with van der Waals surface area (Å²) in [5.41, 5.74) is 2.03. The van der Waals surface area contributed by atoms with Crippen LogP contribution in [0.15, 0.2) is 84.6 Å². The van der Waals surface area contributed by atoms with Gasteiger partial charge in [-0.05, 0) is 48.6 Å². The molecule has 4 aliphatic rings. The zero-order chi connectivity index (χ0) is 27.5. The lowest BCUT2D eigenvalue weighted by molar-refractivity contribution is -0.137. The Hall–Kier alpha value is -3.82. The zero-order valence-corrected chi connectivity index (χ0v) is 22.4. The SMILES string of the molecule is O=C(Nc1ccc(N2CCN(CC3CCOCC3)CC2)nc1)C(=O)C1C(c2ccccc2)C=C2C=CC(F)=CN21. The van der Waals surface area contributed by atoms with Gasteiger partial charge in [-0.15, -0.1) is 0 Å². The Labute approximate surface area is 233 Å². The summed E-state index contributed by atoms with van der Waals surface area (Å²) in [6.07, 6.45) is 10.1. The third-order valence-electron chi connectivity index (χ3n) is 8.20. The summed E-state index contributed by atoms with van der Waals surface area (Å²) < 4.78 is 19.6. The zero-order valence-electron chi connectivity index (χ0n) is 22.4. The number of carbonyl (C=O) groups excluding carboxylic acids is 2. The number of Topliss-reactive ketones (excluding diaryl/α,β-unsaturated/α-hetero) is 1. The maximum absolute atomic E-state index is 14.1. The van der Waals surface area contributed by atoms with E-state index in [2.05, 4.69) is 20.1 Å². The van der Waals surface area contributed by atoms with Gasteiger partial charge in [0.05, 0.1) is 11.9 Å². The molecular weight excluding hydrogens is 509 g/mol. The molecule has 0 radical (unpaired) electrons. The van der Waals surface area contributed by atoms with Gasteiger partial charge in [0, 0.05) is 63.8 Å². The first-order valence-corrected chi connectivity index (χ1v) is 14.0. The number of hydrogen-bond acceptors (Lipinski definition) is 7. The van der Waals surface area contributed by atoms with Crippen molar-refractivity contribution in [3.63, 3.8) is 0 Å². The molecule has 1 N–H and O–H groups in total. The van der Waals surface area contributed by atoms with Crippen molar-refractivity contribution in [2.45, 2.75) is 24.8 Å². The number of piperazine rings is 1. The van der Waals surface area contributed by atoms with Crippen LogP contribution in [0.4, 0.5) is 15.9 Å². The van der Waals surface area contributed by atoms with Crippen LogP contribution in [0, 0.1) is 5.92 Å². The Bertz CT molecular complexity index is 1310. The van der Waals surface area contributed by atoms with E-state index in [1.807, 2.05) is 42.5 Å². The van der Waals surface area contributed by atoms with E-state index in [0.717, 1.165) is 76.1 Å². The summed E-state index contributed by atoms with van der Waals surface area (Å²) in [5, 5.41) is 2.71. The maximum atomic E-state index is 14.1. The fraction of sp³-hybridized carbons (Fsp3) is 0.387. The number of hydrogen-bond donors (Lipinski definition) is 1. The number of ketones is 1. The predicted octanol–water partition coefficient (Wildman–Crippen LogP) is 3.87. The molecule has 6 rings (SSSR count). The van der Waals surface area contributed by atoms with Crippen LogP contribution in [0.5, 0.6) is 0 Å². The molecule has 1 aromatic heterocycles. The molecule has 0 spiro atoms. The van der Waals surface area contributed by atoms with Crippen molar-refractivity contribution >= 4 is 23.2 Å². The van der Waals surface area contributed by atoms with E-state index >= 15 is 0 Å². The Kier molecular flexibility index (Phi) is 7.75. The standard InChI is InChI=1S/C31H34FN5O3/c32-24-6-8-26-18-27(23-4-2-1-3-5-23)29(37(26)21-24)30(38)31(39)34-25-7-9-28(33-19-25)36-14-12-35(13-15-36)20-22-10-16-40-17-11-22/h1-9,18-19,21-22,27,29H,10-17,20H2,(H,34,39). The van der Waals surface area contributed by atoms with Crippen LogP contribution < -0.4 is 10.2 Å². The summed E-state index contributed by atoms with van der Waals surface area (Å²) in [7, 11) is 0. The number of aromatic nitrogens is 1. The van der Waals surface area contributed by atoms with Gasteiger partial charge in [0.1, 0.15) is 17.7 Å². The molecule has 0 bridgehead atoms. The van der Waals surface area contributed by atoms with Crippen molar-refractivity contribution < 1.29 is 18.7 Å². The molecule has 8 nitrogen and oxygen atoms in total. The first-order valence-electron chi connectivity index (χ1n) is 14.0. The molecular formula is C31H34FN5O3. The highest BCUT2D eigenvalue weighted by Crippen LogP contribution is 2.38. The number of nitrogens with zero attached hydrogens (tertiary/aromatic N) is 4. The van der Waals surface area contributed by atoms with Gasteiger partial charge in [-0.3, -0.25) is 14.5 Å². The number of amides is 1. The van der Waals surface area contributed by atoms with Crippen LogP contribution in [-0.2, 0) is 14.3 Å². The van der Waals surface area contributed by atoms with Crippen molar-refractivity contribution in [1.82, 2.24) is 14.8 Å². The number of halogens is 1. The van der Waals surface area contributed by atoms with Crippen LogP contribution >= 0.6 is 0 Å². The quantitative estimate of drug-likeness (QED) is 0.532. The molecule has 2 aromatic rings. The lowest BCUT2D eigenvalue weighted by Crippen LogP contribution is -2.48. The molecule has 2 saturated heterocycles. The number of benzene rings is 1. The molecule has 0 saturated carbocycles. The summed E-state index contributed by atoms with van der Waals surface area (Å²) in [5.74, 6) is -0.658. The minimum absolute atomic E-state index is 0.383. The Morgan fingerprint density at radius 2 is 1.77 bits per heavy atom. The molecule has 1 amide bonds. The van der Waals surface area contributed by atoms with E-state index < -0.39 is 23.6 Å². The van der Waals surface area contributed by atoms with E-state index in [9.17, 15) is 14.0 Å². The number of fused-ring (bicyclic) bond motifs is 1. The molecule has 2 atom stereocenters. The monoisotopic (exact) mass is 543 g/mol. The largest absolute Gasteiger partial charge is 0.381 e. The molecule has 0 aliphatic carbocycles. The van der Waals surface area contributed by atoms with Crippen LogP contribution in [0.25, 0.3) is 0 Å².